The zero-order valence-corrected chi connectivity index (χ0v) is 12.8. The number of hydrogen-bond donors (Lipinski definition) is 1. The van der Waals surface area contributed by atoms with E-state index in [1.165, 1.54) is 11.1 Å². The Morgan fingerprint density at radius 2 is 1.91 bits per heavy atom. The highest BCUT2D eigenvalue weighted by Gasteiger charge is 2.55. The number of fused-ring (bicyclic) bond motifs is 1. The third-order valence-electron chi connectivity index (χ3n) is 5.29. The molecule has 0 atom stereocenters. The van der Waals surface area contributed by atoms with Crippen LogP contribution in [0.3, 0.4) is 0 Å². The lowest BCUT2D eigenvalue weighted by atomic mass is 9.58. The van der Waals surface area contributed by atoms with E-state index in [2.05, 4.69) is 40.8 Å². The average molecular weight is 297 g/mol. The smallest absolute Gasteiger partial charge is 0.306 e. The highest BCUT2D eigenvalue weighted by molar-refractivity contribution is 5.91. The minimum atomic E-state index is -0.650. The Balaban J connectivity index is 1.59. The summed E-state index contributed by atoms with van der Waals surface area (Å²) in [5.41, 5.74) is 3.67. The van der Waals surface area contributed by atoms with Crippen molar-refractivity contribution in [3.05, 3.63) is 29.6 Å². The first-order valence-corrected chi connectivity index (χ1v) is 7.67. The lowest BCUT2D eigenvalue weighted by Crippen LogP contribution is -2.63. The molecule has 22 heavy (non-hydrogen) atoms. The summed E-state index contributed by atoms with van der Waals surface area (Å²) in [6, 6.07) is 4.26. The summed E-state index contributed by atoms with van der Waals surface area (Å²) in [4.78, 5) is 22.1. The maximum absolute atomic E-state index is 11.0. The molecule has 1 N–H and O–H groups in total. The Morgan fingerprint density at radius 1 is 1.23 bits per heavy atom. The summed E-state index contributed by atoms with van der Waals surface area (Å²) in [7, 11) is 0. The molecular weight excluding hydrogens is 278 g/mol. The summed E-state index contributed by atoms with van der Waals surface area (Å²) in [5, 5.41) is 10.1. The number of aryl methyl sites for hydroxylation is 2. The van der Waals surface area contributed by atoms with Crippen LogP contribution in [0.25, 0.3) is 10.9 Å². The molecule has 4 rings (SSSR count). The Kier molecular flexibility index (Phi) is 2.71. The van der Waals surface area contributed by atoms with Crippen LogP contribution in [0.15, 0.2) is 18.5 Å². The van der Waals surface area contributed by atoms with Crippen LogP contribution in [0.2, 0.25) is 0 Å². The van der Waals surface area contributed by atoms with Crippen molar-refractivity contribution in [1.82, 2.24) is 9.97 Å². The third-order valence-corrected chi connectivity index (χ3v) is 5.29. The number of anilines is 1. The Labute approximate surface area is 129 Å². The van der Waals surface area contributed by atoms with Gasteiger partial charge in [0.25, 0.3) is 0 Å². The van der Waals surface area contributed by atoms with Crippen LogP contribution < -0.4 is 4.90 Å². The van der Waals surface area contributed by atoms with Crippen LogP contribution in [-0.4, -0.2) is 34.1 Å². The molecule has 1 aromatic carbocycles. The topological polar surface area (TPSA) is 66.3 Å². The summed E-state index contributed by atoms with van der Waals surface area (Å²) < 4.78 is 0. The van der Waals surface area contributed by atoms with Crippen LogP contribution >= 0.6 is 0 Å². The van der Waals surface area contributed by atoms with E-state index in [0.29, 0.717) is 0 Å². The Hall–Kier alpha value is -2.17. The summed E-state index contributed by atoms with van der Waals surface area (Å²) in [6.45, 7) is 6.02. The molecule has 1 saturated carbocycles. The molecular formula is C17H19N3O2. The molecule has 5 nitrogen and oxygen atoms in total. The molecule has 1 aliphatic carbocycles. The predicted molar refractivity (Wildman–Crippen MR) is 84.0 cm³/mol. The second-order valence-corrected chi connectivity index (χ2v) is 6.95. The summed E-state index contributed by atoms with van der Waals surface area (Å²) >= 11 is 0. The van der Waals surface area contributed by atoms with Gasteiger partial charge in [-0.3, -0.25) is 4.79 Å². The zero-order chi connectivity index (χ0) is 15.5. The van der Waals surface area contributed by atoms with Gasteiger partial charge in [0.1, 0.15) is 12.1 Å². The van der Waals surface area contributed by atoms with Crippen LogP contribution in [-0.2, 0) is 4.79 Å². The quantitative estimate of drug-likeness (QED) is 0.922. The number of carbonyl (C=O) groups is 1. The van der Waals surface area contributed by atoms with Gasteiger partial charge in [0.2, 0.25) is 0 Å². The molecule has 114 valence electrons. The monoisotopic (exact) mass is 297 g/mol. The molecule has 2 aromatic rings. The number of carboxylic acid groups (broad SMARTS) is 1. The van der Waals surface area contributed by atoms with Gasteiger partial charge in [0.05, 0.1) is 11.4 Å². The van der Waals surface area contributed by atoms with Crippen LogP contribution in [0.4, 0.5) is 5.82 Å². The first-order chi connectivity index (χ1) is 10.5. The minimum Gasteiger partial charge on any atom is -0.481 e. The first kappa shape index (κ1) is 13.5. The fourth-order valence-corrected chi connectivity index (χ4v) is 3.89. The summed E-state index contributed by atoms with van der Waals surface area (Å²) in [6.07, 6.45) is 3.23. The normalized spacial score (nSPS) is 20.0. The lowest BCUT2D eigenvalue weighted by Gasteiger charge is -2.58. The zero-order valence-electron chi connectivity index (χ0n) is 12.8. The van der Waals surface area contributed by atoms with E-state index in [1.807, 2.05) is 0 Å². The minimum absolute atomic E-state index is 0.144. The van der Waals surface area contributed by atoms with Gasteiger partial charge in [-0.25, -0.2) is 9.97 Å². The van der Waals surface area contributed by atoms with Crippen molar-refractivity contribution in [2.75, 3.05) is 18.0 Å². The molecule has 0 bridgehead atoms. The third kappa shape index (κ3) is 1.88. The van der Waals surface area contributed by atoms with Gasteiger partial charge in [-0.1, -0.05) is 0 Å². The summed E-state index contributed by atoms with van der Waals surface area (Å²) in [5.74, 6) is 0.189. The van der Waals surface area contributed by atoms with Gasteiger partial charge in [-0.2, -0.15) is 0 Å². The molecule has 1 aliphatic heterocycles. The van der Waals surface area contributed by atoms with Gasteiger partial charge in [-0.05, 0) is 49.9 Å². The molecule has 0 amide bonds. The molecule has 2 aliphatic rings. The number of benzene rings is 1. The second-order valence-electron chi connectivity index (χ2n) is 6.95. The fourth-order valence-electron chi connectivity index (χ4n) is 3.89. The van der Waals surface area contributed by atoms with Crippen LogP contribution in [0, 0.1) is 25.2 Å². The van der Waals surface area contributed by atoms with Gasteiger partial charge >= 0.3 is 5.97 Å². The molecule has 2 fully saturated rings. The van der Waals surface area contributed by atoms with Crippen molar-refractivity contribution in [3.8, 4) is 0 Å². The van der Waals surface area contributed by atoms with Gasteiger partial charge in [0.15, 0.2) is 0 Å². The maximum atomic E-state index is 11.0. The van der Waals surface area contributed by atoms with Crippen molar-refractivity contribution in [1.29, 1.82) is 0 Å². The molecule has 0 unspecified atom stereocenters. The van der Waals surface area contributed by atoms with E-state index in [0.717, 1.165) is 42.7 Å². The number of hydrogen-bond acceptors (Lipinski definition) is 4. The average Bonchev–Trinajstić information content (AvgIpc) is 2.37. The molecule has 1 aromatic heterocycles. The van der Waals surface area contributed by atoms with E-state index in [1.54, 1.807) is 6.33 Å². The van der Waals surface area contributed by atoms with Crippen molar-refractivity contribution in [2.24, 2.45) is 11.3 Å². The second kappa shape index (κ2) is 4.41. The molecule has 2 heterocycles. The van der Waals surface area contributed by atoms with E-state index in [4.69, 9.17) is 5.11 Å². The highest BCUT2D eigenvalue weighted by atomic mass is 16.4. The number of nitrogens with zero attached hydrogens (tertiary/aromatic N) is 3. The Morgan fingerprint density at radius 3 is 2.59 bits per heavy atom. The van der Waals surface area contributed by atoms with Gasteiger partial charge in [-0.15, -0.1) is 0 Å². The van der Waals surface area contributed by atoms with E-state index < -0.39 is 5.97 Å². The number of aromatic nitrogens is 2. The lowest BCUT2D eigenvalue weighted by molar-refractivity contribution is -0.151. The number of rotatable bonds is 2. The van der Waals surface area contributed by atoms with Crippen LogP contribution in [0.1, 0.15) is 24.0 Å². The van der Waals surface area contributed by atoms with Crippen molar-refractivity contribution in [3.63, 3.8) is 0 Å². The van der Waals surface area contributed by atoms with E-state index in [-0.39, 0.29) is 11.3 Å². The number of aliphatic carboxylic acids is 1. The largest absolute Gasteiger partial charge is 0.481 e. The highest BCUT2D eigenvalue weighted by Crippen LogP contribution is 2.53. The van der Waals surface area contributed by atoms with Gasteiger partial charge < -0.3 is 10.0 Å². The SMILES string of the molecule is Cc1cc2ncnc(N3CC4(CC(C(=O)O)C4)C3)c2cc1C. The van der Waals surface area contributed by atoms with E-state index in [9.17, 15) is 4.79 Å². The van der Waals surface area contributed by atoms with Crippen molar-refractivity contribution < 1.29 is 9.90 Å². The maximum Gasteiger partial charge on any atom is 0.306 e. The van der Waals surface area contributed by atoms with Gasteiger partial charge in [0, 0.05) is 23.9 Å². The molecule has 5 heteroatoms. The standard InChI is InChI=1S/C17H19N3O2/c1-10-3-13-14(4-11(10)2)18-9-19-15(13)20-7-17(8-20)5-12(6-17)16(21)22/h3-4,9,12H,5-8H2,1-2H3,(H,21,22). The van der Waals surface area contributed by atoms with E-state index >= 15 is 0 Å². The number of carboxylic acids is 1. The Bertz CT molecular complexity index is 773. The van der Waals surface area contributed by atoms with Crippen molar-refractivity contribution >= 4 is 22.7 Å². The van der Waals surface area contributed by atoms with Crippen LogP contribution in [0.5, 0.6) is 0 Å². The fraction of sp³-hybridized carbons (Fsp3) is 0.471. The molecule has 0 radical (unpaired) electrons. The van der Waals surface area contributed by atoms with Crippen molar-refractivity contribution in [2.45, 2.75) is 26.7 Å². The molecule has 1 saturated heterocycles. The molecule has 1 spiro atoms. The first-order valence-electron chi connectivity index (χ1n) is 7.67. The predicted octanol–water partition coefficient (Wildman–Crippen LogP) is 2.55.